The Balaban J connectivity index is 1.81. The Labute approximate surface area is 276 Å². The van der Waals surface area contributed by atoms with Gasteiger partial charge < -0.3 is 9.16 Å². The van der Waals surface area contributed by atoms with Gasteiger partial charge in [0.2, 0.25) is 0 Å². The summed E-state index contributed by atoms with van der Waals surface area (Å²) in [4.78, 5) is 11.6. The summed E-state index contributed by atoms with van der Waals surface area (Å²) in [5.74, 6) is 12.0. The molecule has 0 aliphatic carbocycles. The van der Waals surface area contributed by atoms with Crippen molar-refractivity contribution < 1.29 is 14.0 Å². The third kappa shape index (κ3) is 14.7. The highest BCUT2D eigenvalue weighted by atomic mass is 28.4. The Morgan fingerprint density at radius 1 is 0.733 bits per heavy atom. The lowest BCUT2D eigenvalue weighted by Gasteiger charge is -2.43. The fourth-order valence-corrected chi connectivity index (χ4v) is 10.4. The summed E-state index contributed by atoms with van der Waals surface area (Å²) >= 11 is 0. The molecular formula is C41H58O3Si. The van der Waals surface area contributed by atoms with E-state index in [1.165, 1.54) is 87.9 Å². The van der Waals surface area contributed by atoms with Gasteiger partial charge in [-0.15, -0.1) is 0 Å². The van der Waals surface area contributed by atoms with Gasteiger partial charge in [-0.1, -0.05) is 165 Å². The zero-order chi connectivity index (χ0) is 32.6. The third-order valence-corrected chi connectivity index (χ3v) is 13.2. The molecule has 2 aromatic carbocycles. The van der Waals surface area contributed by atoms with Crippen molar-refractivity contribution in [3.63, 3.8) is 0 Å². The van der Waals surface area contributed by atoms with Crippen LogP contribution in [0.5, 0.6) is 0 Å². The maximum absolute atomic E-state index is 11.6. The van der Waals surface area contributed by atoms with Crippen LogP contribution >= 0.6 is 0 Å². The number of rotatable bonds is 20. The highest BCUT2D eigenvalue weighted by Crippen LogP contribution is 2.36. The van der Waals surface area contributed by atoms with Gasteiger partial charge in [0.1, 0.15) is 0 Å². The maximum atomic E-state index is 11.6. The molecule has 0 aromatic heterocycles. The Hall–Kier alpha value is -3.05. The van der Waals surface area contributed by atoms with Gasteiger partial charge >= 0.3 is 5.97 Å². The summed E-state index contributed by atoms with van der Waals surface area (Å²) in [5, 5.41) is 2.53. The quantitative estimate of drug-likeness (QED) is 0.0482. The summed E-state index contributed by atoms with van der Waals surface area (Å²) in [6, 6.07) is 21.4. The number of carbonyl (C=O) groups is 1. The first kappa shape index (κ1) is 38.1. The molecule has 2 rings (SSSR count). The first-order valence-corrected chi connectivity index (χ1v) is 19.3. The largest absolute Gasteiger partial charge is 0.418 e. The second kappa shape index (κ2) is 22.5. The van der Waals surface area contributed by atoms with Crippen LogP contribution in [-0.4, -0.2) is 20.9 Å². The molecule has 0 spiro atoms. The monoisotopic (exact) mass is 626 g/mol. The van der Waals surface area contributed by atoms with Gasteiger partial charge in [-0.3, -0.25) is 4.79 Å². The molecule has 0 amide bonds. The van der Waals surface area contributed by atoms with Gasteiger partial charge in [0, 0.05) is 20.0 Å². The average molecular weight is 627 g/mol. The van der Waals surface area contributed by atoms with Gasteiger partial charge in [-0.05, 0) is 58.5 Å². The van der Waals surface area contributed by atoms with Crippen molar-refractivity contribution in [2.45, 2.75) is 136 Å². The second-order valence-electron chi connectivity index (χ2n) is 13.0. The zero-order valence-electron chi connectivity index (χ0n) is 28.9. The number of hydrogen-bond donors (Lipinski definition) is 0. The van der Waals surface area contributed by atoms with E-state index in [0.29, 0.717) is 18.8 Å². The minimum atomic E-state index is -2.52. The van der Waals surface area contributed by atoms with Crippen molar-refractivity contribution in [1.82, 2.24) is 0 Å². The predicted octanol–water partition coefficient (Wildman–Crippen LogP) is 9.89. The fourth-order valence-electron chi connectivity index (χ4n) is 5.84. The molecule has 0 fully saturated rings. The highest BCUT2D eigenvalue weighted by molar-refractivity contribution is 6.99. The molecule has 244 valence electrons. The van der Waals surface area contributed by atoms with Crippen molar-refractivity contribution >= 4 is 24.7 Å². The summed E-state index contributed by atoms with van der Waals surface area (Å²) in [6.07, 6.45) is 20.2. The Morgan fingerprint density at radius 3 is 1.73 bits per heavy atom. The topological polar surface area (TPSA) is 35.5 Å². The predicted molar refractivity (Wildman–Crippen MR) is 194 cm³/mol. The first-order valence-electron chi connectivity index (χ1n) is 17.4. The number of carbonyl (C=O) groups excluding carboxylic acids is 1. The number of benzene rings is 2. The number of hydrogen-bond acceptors (Lipinski definition) is 3. The molecule has 45 heavy (non-hydrogen) atoms. The van der Waals surface area contributed by atoms with E-state index < -0.39 is 8.32 Å². The molecule has 0 N–H and O–H groups in total. The van der Waals surface area contributed by atoms with Crippen LogP contribution < -0.4 is 10.4 Å². The number of allylic oxidation sites excluding steroid dienone is 2. The standard InChI is InChI=1S/C41H58O3Si/c1-6-7-8-9-10-11-12-13-14-15-16-18-23-30-38(44-37(2)42)31-24-19-17-20-29-36-43-45(41(3,4)5,39-32-25-21-26-33-39)40-34-27-22-28-35-40/h21-22,25-28,30,32-35H,6-16,18,20,23,29,36H2,1-5H3/b38-30-. The van der Waals surface area contributed by atoms with Crippen LogP contribution in [0, 0.1) is 23.7 Å². The van der Waals surface area contributed by atoms with Crippen LogP contribution in [0.4, 0.5) is 0 Å². The Morgan fingerprint density at radius 2 is 1.24 bits per heavy atom. The molecular weight excluding hydrogens is 569 g/mol. The van der Waals surface area contributed by atoms with Gasteiger partial charge in [-0.25, -0.2) is 0 Å². The van der Waals surface area contributed by atoms with Crippen LogP contribution in [0.25, 0.3) is 0 Å². The van der Waals surface area contributed by atoms with E-state index in [2.05, 4.69) is 112 Å². The molecule has 0 saturated carbocycles. The zero-order valence-corrected chi connectivity index (χ0v) is 29.9. The van der Waals surface area contributed by atoms with E-state index in [0.717, 1.165) is 19.3 Å². The lowest BCUT2D eigenvalue weighted by atomic mass is 10.0. The van der Waals surface area contributed by atoms with E-state index in [-0.39, 0.29) is 11.0 Å². The van der Waals surface area contributed by atoms with Gasteiger partial charge in [0.15, 0.2) is 5.76 Å². The van der Waals surface area contributed by atoms with Crippen molar-refractivity contribution in [3.05, 3.63) is 72.5 Å². The molecule has 3 nitrogen and oxygen atoms in total. The molecule has 0 radical (unpaired) electrons. The highest BCUT2D eigenvalue weighted by Gasteiger charge is 2.49. The van der Waals surface area contributed by atoms with E-state index in [9.17, 15) is 4.79 Å². The summed E-state index contributed by atoms with van der Waals surface area (Å²) < 4.78 is 12.3. The lowest BCUT2D eigenvalue weighted by Crippen LogP contribution is -2.66. The van der Waals surface area contributed by atoms with Crippen molar-refractivity contribution in [3.8, 4) is 23.7 Å². The van der Waals surface area contributed by atoms with Crippen LogP contribution in [0.1, 0.15) is 131 Å². The van der Waals surface area contributed by atoms with E-state index in [4.69, 9.17) is 9.16 Å². The summed E-state index contributed by atoms with van der Waals surface area (Å²) in [6.45, 7) is 11.2. The number of unbranched alkanes of at least 4 members (excludes halogenated alkanes) is 13. The maximum Gasteiger partial charge on any atom is 0.308 e. The van der Waals surface area contributed by atoms with Gasteiger partial charge in [-0.2, -0.15) is 0 Å². The summed E-state index contributed by atoms with van der Waals surface area (Å²) in [7, 11) is -2.52. The second-order valence-corrected chi connectivity index (χ2v) is 17.3. The van der Waals surface area contributed by atoms with Crippen LogP contribution in [0.2, 0.25) is 5.04 Å². The minimum absolute atomic E-state index is 0.0421. The van der Waals surface area contributed by atoms with Crippen LogP contribution in [-0.2, 0) is 14.0 Å². The molecule has 0 aliphatic rings. The fraction of sp³-hybridized carbons (Fsp3) is 0.537. The van der Waals surface area contributed by atoms with E-state index in [1.54, 1.807) is 0 Å². The number of ether oxygens (including phenoxy) is 1. The van der Waals surface area contributed by atoms with E-state index >= 15 is 0 Å². The van der Waals surface area contributed by atoms with Crippen molar-refractivity contribution in [1.29, 1.82) is 0 Å². The van der Waals surface area contributed by atoms with Crippen molar-refractivity contribution in [2.75, 3.05) is 6.61 Å². The molecule has 2 aromatic rings. The molecule has 0 saturated heterocycles. The molecule has 0 aliphatic heterocycles. The first-order chi connectivity index (χ1) is 21.8. The molecule has 4 heteroatoms. The van der Waals surface area contributed by atoms with Crippen LogP contribution in [0.3, 0.4) is 0 Å². The average Bonchev–Trinajstić information content (AvgIpc) is 3.02. The Bertz CT molecular complexity index is 1200. The Kier molecular flexibility index (Phi) is 19.0. The molecule has 0 unspecified atom stereocenters. The lowest BCUT2D eigenvalue weighted by molar-refractivity contribution is -0.136. The van der Waals surface area contributed by atoms with Gasteiger partial charge in [0.05, 0.1) is 0 Å². The molecule has 0 heterocycles. The smallest absolute Gasteiger partial charge is 0.308 e. The third-order valence-electron chi connectivity index (χ3n) is 8.16. The normalized spacial score (nSPS) is 11.7. The summed E-state index contributed by atoms with van der Waals surface area (Å²) in [5.41, 5.74) is 0. The van der Waals surface area contributed by atoms with Crippen molar-refractivity contribution in [2.24, 2.45) is 0 Å². The minimum Gasteiger partial charge on any atom is -0.418 e. The van der Waals surface area contributed by atoms with E-state index in [1.807, 2.05) is 6.08 Å². The van der Waals surface area contributed by atoms with Crippen LogP contribution in [0.15, 0.2) is 72.5 Å². The molecule has 0 bridgehead atoms. The van der Waals surface area contributed by atoms with Gasteiger partial charge in [0.25, 0.3) is 8.32 Å². The SMILES string of the molecule is CCCCCCCCCCCCCC/C=C(/C#CC#CCCCO[Si](c1ccccc1)(c1ccccc1)C(C)(C)C)OC(C)=O. The molecule has 0 atom stereocenters. The number of esters is 1.